The highest BCUT2D eigenvalue weighted by Crippen LogP contribution is 2.36. The molecule has 0 bridgehead atoms. The number of benzene rings is 1. The van der Waals surface area contributed by atoms with E-state index in [2.05, 4.69) is 46.2 Å². The van der Waals surface area contributed by atoms with Gasteiger partial charge in [0, 0.05) is 37.0 Å². The van der Waals surface area contributed by atoms with Gasteiger partial charge < -0.3 is 10.1 Å². The summed E-state index contributed by atoms with van der Waals surface area (Å²) < 4.78 is 5.56. The molecule has 3 aliphatic rings. The summed E-state index contributed by atoms with van der Waals surface area (Å²) in [5.41, 5.74) is 3.43. The van der Waals surface area contributed by atoms with Crippen LogP contribution in [-0.2, 0) is 11.2 Å². The Labute approximate surface area is 137 Å². The number of rotatable bonds is 4. The third-order valence-corrected chi connectivity index (χ3v) is 6.81. The zero-order valence-corrected chi connectivity index (χ0v) is 14.0. The van der Waals surface area contributed by atoms with E-state index in [-0.39, 0.29) is 0 Å². The Kier molecular flexibility index (Phi) is 4.45. The van der Waals surface area contributed by atoms with Gasteiger partial charge in [-0.15, -0.1) is 0 Å². The number of aryl methyl sites for hydroxylation is 1. The van der Waals surface area contributed by atoms with E-state index in [1.165, 1.54) is 36.3 Å². The lowest BCUT2D eigenvalue weighted by Gasteiger charge is -2.43. The molecule has 2 saturated heterocycles. The summed E-state index contributed by atoms with van der Waals surface area (Å²) in [4.78, 5) is 2.70. The van der Waals surface area contributed by atoms with E-state index in [9.17, 15) is 0 Å². The summed E-state index contributed by atoms with van der Waals surface area (Å²) in [6.45, 7) is 5.13. The van der Waals surface area contributed by atoms with Crippen LogP contribution in [0.15, 0.2) is 24.3 Å². The van der Waals surface area contributed by atoms with Crippen molar-refractivity contribution in [2.45, 2.75) is 30.8 Å². The molecule has 4 heteroatoms. The topological polar surface area (TPSA) is 24.5 Å². The lowest BCUT2D eigenvalue weighted by molar-refractivity contribution is -0.0141. The fourth-order valence-electron chi connectivity index (χ4n) is 4.22. The highest BCUT2D eigenvalue weighted by Gasteiger charge is 2.41. The van der Waals surface area contributed by atoms with Crippen LogP contribution in [-0.4, -0.2) is 54.8 Å². The molecule has 1 aromatic rings. The van der Waals surface area contributed by atoms with Gasteiger partial charge in [0.05, 0.1) is 13.2 Å². The first-order chi connectivity index (χ1) is 10.9. The van der Waals surface area contributed by atoms with E-state index >= 15 is 0 Å². The summed E-state index contributed by atoms with van der Waals surface area (Å²) in [5.74, 6) is 2.58. The van der Waals surface area contributed by atoms with Crippen LogP contribution in [0.25, 0.3) is 0 Å². The summed E-state index contributed by atoms with van der Waals surface area (Å²) >= 11 is 2.12. The first kappa shape index (κ1) is 15.0. The number of nitrogens with zero attached hydrogens (tertiary/aromatic N) is 1. The van der Waals surface area contributed by atoms with Gasteiger partial charge in [-0.1, -0.05) is 24.3 Å². The zero-order valence-electron chi connectivity index (χ0n) is 13.2. The molecule has 1 N–H and O–H groups in total. The summed E-state index contributed by atoms with van der Waals surface area (Å²) in [6.07, 6.45) is 3.80. The van der Waals surface area contributed by atoms with Crippen molar-refractivity contribution in [3.8, 4) is 0 Å². The lowest BCUT2D eigenvalue weighted by atomic mass is 9.94. The van der Waals surface area contributed by atoms with Gasteiger partial charge in [0.25, 0.3) is 0 Å². The number of fused-ring (bicyclic) bond motifs is 1. The van der Waals surface area contributed by atoms with Gasteiger partial charge in [0.1, 0.15) is 0 Å². The molecule has 0 radical (unpaired) electrons. The first-order valence-electron chi connectivity index (χ1n) is 8.59. The van der Waals surface area contributed by atoms with Crippen molar-refractivity contribution in [3.63, 3.8) is 0 Å². The summed E-state index contributed by atoms with van der Waals surface area (Å²) in [6, 6.07) is 9.51. The van der Waals surface area contributed by atoms with Crippen molar-refractivity contribution < 1.29 is 4.74 Å². The van der Waals surface area contributed by atoms with Crippen LogP contribution < -0.4 is 5.32 Å². The Bertz CT molecular complexity index is 510. The normalized spacial score (nSPS) is 32.3. The molecule has 2 heterocycles. The maximum atomic E-state index is 5.56. The molecule has 1 aliphatic carbocycles. The summed E-state index contributed by atoms with van der Waals surface area (Å²) in [5, 5.41) is 3.92. The van der Waals surface area contributed by atoms with Crippen molar-refractivity contribution in [1.29, 1.82) is 0 Å². The Morgan fingerprint density at radius 1 is 1.27 bits per heavy atom. The second kappa shape index (κ2) is 6.52. The van der Waals surface area contributed by atoms with Gasteiger partial charge in [-0.2, -0.15) is 11.8 Å². The predicted molar refractivity (Wildman–Crippen MR) is 92.6 cm³/mol. The monoisotopic (exact) mass is 318 g/mol. The molecular formula is C18H26N2OS. The number of morpholine rings is 1. The number of nitrogens with one attached hydrogen (secondary N) is 1. The second-order valence-electron chi connectivity index (χ2n) is 6.80. The number of ether oxygens (including phenoxy) is 1. The molecular weight excluding hydrogens is 292 g/mol. The average molecular weight is 318 g/mol. The van der Waals surface area contributed by atoms with Gasteiger partial charge in [0.2, 0.25) is 0 Å². The molecule has 2 aliphatic heterocycles. The van der Waals surface area contributed by atoms with Crippen LogP contribution in [0.2, 0.25) is 0 Å². The van der Waals surface area contributed by atoms with Crippen LogP contribution in [0.4, 0.5) is 0 Å². The Morgan fingerprint density at radius 3 is 2.95 bits per heavy atom. The fraction of sp³-hybridized carbons (Fsp3) is 0.667. The van der Waals surface area contributed by atoms with Gasteiger partial charge in [-0.05, 0) is 36.1 Å². The molecule has 2 fully saturated rings. The van der Waals surface area contributed by atoms with E-state index in [4.69, 9.17) is 4.74 Å². The smallest absolute Gasteiger partial charge is 0.0594 e. The fourth-order valence-corrected chi connectivity index (χ4v) is 5.69. The van der Waals surface area contributed by atoms with Gasteiger partial charge in [0.15, 0.2) is 0 Å². The van der Waals surface area contributed by atoms with Crippen LogP contribution in [0.5, 0.6) is 0 Å². The van der Waals surface area contributed by atoms with Crippen LogP contribution in [0, 0.1) is 0 Å². The van der Waals surface area contributed by atoms with Crippen molar-refractivity contribution in [2.75, 3.05) is 44.4 Å². The van der Waals surface area contributed by atoms with Gasteiger partial charge >= 0.3 is 0 Å². The van der Waals surface area contributed by atoms with Crippen molar-refractivity contribution in [3.05, 3.63) is 35.4 Å². The van der Waals surface area contributed by atoms with Crippen LogP contribution >= 0.6 is 11.8 Å². The molecule has 1 aromatic carbocycles. The minimum Gasteiger partial charge on any atom is -0.379 e. The number of thioether (sulfide) groups is 1. The molecule has 4 rings (SSSR count). The number of hydrogen-bond acceptors (Lipinski definition) is 4. The molecule has 22 heavy (non-hydrogen) atoms. The van der Waals surface area contributed by atoms with E-state index in [0.29, 0.717) is 11.6 Å². The molecule has 0 aromatic heterocycles. The van der Waals surface area contributed by atoms with Crippen molar-refractivity contribution >= 4 is 11.8 Å². The molecule has 2 atom stereocenters. The maximum Gasteiger partial charge on any atom is 0.0594 e. The standard InChI is InChI=1S/C18H26N2OS/c1-2-4-16-15(3-1)5-6-17(16)19-13-18(7-12-22-14-18)20-8-10-21-11-9-20/h1-4,17,19H,5-14H2/t17-,18+/m0/s1. The minimum atomic E-state index is 0.353. The maximum absolute atomic E-state index is 5.56. The van der Waals surface area contributed by atoms with Crippen molar-refractivity contribution in [1.82, 2.24) is 10.2 Å². The highest BCUT2D eigenvalue weighted by atomic mass is 32.2. The number of hydrogen-bond donors (Lipinski definition) is 1. The third kappa shape index (κ3) is 2.82. The average Bonchev–Trinajstić information content (AvgIpc) is 3.22. The second-order valence-corrected chi connectivity index (χ2v) is 7.90. The van der Waals surface area contributed by atoms with Crippen LogP contribution in [0.1, 0.15) is 30.0 Å². The first-order valence-corrected chi connectivity index (χ1v) is 9.75. The summed E-state index contributed by atoms with van der Waals surface area (Å²) in [7, 11) is 0. The SMILES string of the molecule is c1ccc2c(c1)CC[C@@H]2NC[C@]1(N2CCOCC2)CCSC1. The van der Waals surface area contributed by atoms with Crippen molar-refractivity contribution in [2.24, 2.45) is 0 Å². The zero-order chi connectivity index (χ0) is 14.8. The van der Waals surface area contributed by atoms with Crippen LogP contribution in [0.3, 0.4) is 0 Å². The predicted octanol–water partition coefficient (Wildman–Crippen LogP) is 2.47. The molecule has 0 saturated carbocycles. The largest absolute Gasteiger partial charge is 0.379 e. The molecule has 120 valence electrons. The molecule has 3 nitrogen and oxygen atoms in total. The Morgan fingerprint density at radius 2 is 2.14 bits per heavy atom. The Balaban J connectivity index is 1.45. The van der Waals surface area contributed by atoms with E-state index in [0.717, 1.165) is 32.8 Å². The van der Waals surface area contributed by atoms with E-state index in [1.807, 2.05) is 0 Å². The van der Waals surface area contributed by atoms with Gasteiger partial charge in [-0.25, -0.2) is 0 Å². The van der Waals surface area contributed by atoms with E-state index < -0.39 is 0 Å². The Hall–Kier alpha value is -0.550. The molecule has 0 unspecified atom stereocenters. The van der Waals surface area contributed by atoms with Gasteiger partial charge in [-0.3, -0.25) is 4.90 Å². The quantitative estimate of drug-likeness (QED) is 0.922. The lowest BCUT2D eigenvalue weighted by Crippen LogP contribution is -2.58. The van der Waals surface area contributed by atoms with E-state index in [1.54, 1.807) is 5.56 Å². The molecule has 0 spiro atoms. The minimum absolute atomic E-state index is 0.353. The molecule has 0 amide bonds. The highest BCUT2D eigenvalue weighted by molar-refractivity contribution is 7.99. The third-order valence-electron chi connectivity index (χ3n) is 5.57.